The van der Waals surface area contributed by atoms with Gasteiger partial charge in [0.25, 0.3) is 5.56 Å². The van der Waals surface area contributed by atoms with Gasteiger partial charge in [0, 0.05) is 33.8 Å². The number of hydrogen-bond acceptors (Lipinski definition) is 4. The molecule has 0 aliphatic carbocycles. The average molecular weight is 595 g/mol. The van der Waals surface area contributed by atoms with Gasteiger partial charge < -0.3 is 5.32 Å². The van der Waals surface area contributed by atoms with Crippen molar-refractivity contribution in [2.75, 3.05) is 12.3 Å². The Bertz CT molecular complexity index is 1490. The Hall–Kier alpha value is -2.22. The van der Waals surface area contributed by atoms with Crippen molar-refractivity contribution < 1.29 is 4.79 Å². The molecule has 0 bridgehead atoms. The lowest BCUT2D eigenvalue weighted by Gasteiger charge is -2.14. The number of benzene rings is 3. The van der Waals surface area contributed by atoms with Crippen molar-refractivity contribution in [1.82, 2.24) is 14.9 Å². The topological polar surface area (TPSA) is 64.0 Å². The number of amides is 1. The smallest absolute Gasteiger partial charge is 0.266 e. The molecular weight excluding hydrogens is 572 g/mol. The standard InChI is InChI=1S/C27H23Cl4N3O2S/c28-18-9-8-17(21(30)15-18)12-13-32-25(35)7-3-4-14-37-27-33-23-6-2-1-5-20(23)26(36)34(27)24-11-10-19(29)16-22(24)31/h1-2,5-6,8-11,15-16H,3-4,7,12-14H2,(H,32,35). The van der Waals surface area contributed by atoms with Crippen LogP contribution in [-0.2, 0) is 11.2 Å². The van der Waals surface area contributed by atoms with Crippen LogP contribution in [0.3, 0.4) is 0 Å². The second kappa shape index (κ2) is 13.0. The van der Waals surface area contributed by atoms with Gasteiger partial charge >= 0.3 is 0 Å². The van der Waals surface area contributed by atoms with E-state index >= 15 is 0 Å². The quantitative estimate of drug-likeness (QED) is 0.116. The van der Waals surface area contributed by atoms with E-state index in [2.05, 4.69) is 5.32 Å². The van der Waals surface area contributed by atoms with Crippen LogP contribution in [0.2, 0.25) is 20.1 Å². The van der Waals surface area contributed by atoms with Gasteiger partial charge in [0.1, 0.15) is 0 Å². The fourth-order valence-electron chi connectivity index (χ4n) is 3.78. The Balaban J connectivity index is 1.35. The summed E-state index contributed by atoms with van der Waals surface area (Å²) in [5, 5.41) is 6.01. The fraction of sp³-hybridized carbons (Fsp3) is 0.222. The molecular formula is C27H23Cl4N3O2S. The van der Waals surface area contributed by atoms with Crippen LogP contribution in [0.5, 0.6) is 0 Å². The van der Waals surface area contributed by atoms with E-state index in [9.17, 15) is 9.59 Å². The number of fused-ring (bicyclic) bond motifs is 1. The number of rotatable bonds is 10. The van der Waals surface area contributed by atoms with Crippen LogP contribution >= 0.6 is 58.2 Å². The molecule has 1 N–H and O–H groups in total. The molecule has 3 aromatic carbocycles. The monoisotopic (exact) mass is 593 g/mol. The first-order chi connectivity index (χ1) is 17.8. The van der Waals surface area contributed by atoms with Crippen molar-refractivity contribution in [3.05, 3.63) is 96.7 Å². The van der Waals surface area contributed by atoms with Gasteiger partial charge in [0.05, 0.1) is 21.6 Å². The van der Waals surface area contributed by atoms with Crippen molar-refractivity contribution >= 4 is 75.0 Å². The number of carbonyl (C=O) groups excluding carboxylic acids is 1. The molecule has 0 atom stereocenters. The molecule has 1 aromatic heterocycles. The summed E-state index contributed by atoms with van der Waals surface area (Å²) in [6, 6.07) is 17.6. The molecule has 192 valence electrons. The highest BCUT2D eigenvalue weighted by atomic mass is 35.5. The summed E-state index contributed by atoms with van der Waals surface area (Å²) in [6.45, 7) is 0.504. The molecule has 4 rings (SSSR count). The summed E-state index contributed by atoms with van der Waals surface area (Å²) in [5.74, 6) is 0.674. The molecule has 1 heterocycles. The highest BCUT2D eigenvalue weighted by molar-refractivity contribution is 7.99. The average Bonchev–Trinajstić information content (AvgIpc) is 2.86. The van der Waals surface area contributed by atoms with Gasteiger partial charge in [-0.2, -0.15) is 0 Å². The predicted octanol–water partition coefficient (Wildman–Crippen LogP) is 7.62. The molecule has 0 aliphatic heterocycles. The van der Waals surface area contributed by atoms with Gasteiger partial charge in [-0.05, 0) is 67.3 Å². The molecule has 4 aromatic rings. The van der Waals surface area contributed by atoms with Crippen LogP contribution in [-0.4, -0.2) is 27.8 Å². The van der Waals surface area contributed by atoms with E-state index in [0.717, 1.165) is 12.0 Å². The molecule has 5 nitrogen and oxygen atoms in total. The van der Waals surface area contributed by atoms with Gasteiger partial charge in [-0.1, -0.05) is 76.4 Å². The second-order valence-electron chi connectivity index (χ2n) is 8.29. The Morgan fingerprint density at radius 2 is 1.65 bits per heavy atom. The lowest BCUT2D eigenvalue weighted by Crippen LogP contribution is -2.25. The Morgan fingerprint density at radius 1 is 0.919 bits per heavy atom. The summed E-state index contributed by atoms with van der Waals surface area (Å²) >= 11 is 26.1. The van der Waals surface area contributed by atoms with Crippen molar-refractivity contribution in [1.29, 1.82) is 0 Å². The summed E-state index contributed by atoms with van der Waals surface area (Å²) in [5.41, 5.74) is 1.89. The molecule has 0 aliphatic rings. The number of unbranched alkanes of at least 4 members (excludes halogenated alkanes) is 1. The minimum Gasteiger partial charge on any atom is -0.356 e. The van der Waals surface area contributed by atoms with Gasteiger partial charge in [-0.25, -0.2) is 4.98 Å². The van der Waals surface area contributed by atoms with E-state index < -0.39 is 0 Å². The fourth-order valence-corrected chi connectivity index (χ4v) is 5.78. The summed E-state index contributed by atoms with van der Waals surface area (Å²) < 4.78 is 1.53. The van der Waals surface area contributed by atoms with Crippen molar-refractivity contribution in [2.24, 2.45) is 0 Å². The van der Waals surface area contributed by atoms with Gasteiger partial charge in [-0.3, -0.25) is 14.2 Å². The maximum atomic E-state index is 13.4. The summed E-state index contributed by atoms with van der Waals surface area (Å²) in [6.07, 6.45) is 2.53. The van der Waals surface area contributed by atoms with E-state index in [4.69, 9.17) is 51.4 Å². The number of aromatic nitrogens is 2. The largest absolute Gasteiger partial charge is 0.356 e. The molecule has 0 saturated carbocycles. The number of para-hydroxylation sites is 1. The molecule has 37 heavy (non-hydrogen) atoms. The van der Waals surface area contributed by atoms with E-state index in [0.29, 0.717) is 73.4 Å². The van der Waals surface area contributed by atoms with Crippen molar-refractivity contribution in [3.8, 4) is 5.69 Å². The Kier molecular flexibility index (Phi) is 9.79. The third-order valence-corrected chi connectivity index (χ3v) is 7.81. The van der Waals surface area contributed by atoms with Gasteiger partial charge in [0.2, 0.25) is 5.91 Å². The zero-order chi connectivity index (χ0) is 26.4. The number of nitrogens with one attached hydrogen (secondary N) is 1. The molecule has 0 spiro atoms. The number of carbonyl (C=O) groups is 1. The van der Waals surface area contributed by atoms with Crippen LogP contribution in [0, 0.1) is 0 Å². The number of halogens is 4. The summed E-state index contributed by atoms with van der Waals surface area (Å²) in [7, 11) is 0. The van der Waals surface area contributed by atoms with Gasteiger partial charge in [-0.15, -0.1) is 0 Å². The highest BCUT2D eigenvalue weighted by Gasteiger charge is 2.16. The first kappa shape index (κ1) is 27.8. The molecule has 0 unspecified atom stereocenters. The zero-order valence-electron chi connectivity index (χ0n) is 19.6. The minimum atomic E-state index is -0.197. The van der Waals surface area contributed by atoms with Crippen LogP contribution in [0.25, 0.3) is 16.6 Å². The first-order valence-corrected chi connectivity index (χ1v) is 14.1. The van der Waals surface area contributed by atoms with E-state index in [-0.39, 0.29) is 11.5 Å². The number of thioether (sulfide) groups is 1. The van der Waals surface area contributed by atoms with E-state index in [1.54, 1.807) is 42.5 Å². The third-order valence-electron chi connectivity index (χ3n) is 5.66. The molecule has 1 amide bonds. The van der Waals surface area contributed by atoms with E-state index in [1.807, 2.05) is 18.2 Å². The minimum absolute atomic E-state index is 0.0104. The zero-order valence-corrected chi connectivity index (χ0v) is 23.5. The van der Waals surface area contributed by atoms with Crippen LogP contribution in [0.15, 0.2) is 70.6 Å². The van der Waals surface area contributed by atoms with Gasteiger partial charge in [0.15, 0.2) is 5.16 Å². The maximum absolute atomic E-state index is 13.4. The second-order valence-corrected chi connectivity index (χ2v) is 11.0. The normalized spacial score (nSPS) is 11.1. The van der Waals surface area contributed by atoms with Crippen molar-refractivity contribution in [3.63, 3.8) is 0 Å². The maximum Gasteiger partial charge on any atom is 0.266 e. The highest BCUT2D eigenvalue weighted by Crippen LogP contribution is 2.28. The number of hydrogen-bond donors (Lipinski definition) is 1. The SMILES string of the molecule is O=C(CCCCSc1nc2ccccc2c(=O)n1-c1ccc(Cl)cc1Cl)NCCc1ccc(Cl)cc1Cl. The molecule has 0 fully saturated rings. The summed E-state index contributed by atoms with van der Waals surface area (Å²) in [4.78, 5) is 30.3. The van der Waals surface area contributed by atoms with E-state index in [1.165, 1.54) is 16.3 Å². The van der Waals surface area contributed by atoms with Crippen LogP contribution < -0.4 is 10.9 Å². The molecule has 10 heteroatoms. The van der Waals surface area contributed by atoms with Crippen LogP contribution in [0.1, 0.15) is 24.8 Å². The predicted molar refractivity (Wildman–Crippen MR) is 155 cm³/mol. The Morgan fingerprint density at radius 3 is 2.41 bits per heavy atom. The lowest BCUT2D eigenvalue weighted by molar-refractivity contribution is -0.121. The molecule has 0 radical (unpaired) electrons. The first-order valence-electron chi connectivity index (χ1n) is 11.6. The van der Waals surface area contributed by atoms with Crippen molar-refractivity contribution in [2.45, 2.75) is 30.8 Å². The number of nitrogens with zero attached hydrogens (tertiary/aromatic N) is 2. The van der Waals surface area contributed by atoms with Crippen LogP contribution in [0.4, 0.5) is 0 Å². The molecule has 0 saturated heterocycles. The Labute approximate surface area is 239 Å². The lowest BCUT2D eigenvalue weighted by atomic mass is 10.1. The third kappa shape index (κ3) is 7.21.